The molecule has 10 nitrogen and oxygen atoms in total. The average molecular weight is 824 g/mol. The number of aliphatic hydroxyl groups excluding tert-OH is 1. The number of unbranched alkanes of at least 4 members (excludes halogenated alkanes) is 15. The van der Waals surface area contributed by atoms with E-state index in [9.17, 15) is 24.2 Å². The molecule has 11 heteroatoms. The van der Waals surface area contributed by atoms with Crippen molar-refractivity contribution in [3.05, 3.63) is 60.8 Å². The lowest BCUT2D eigenvalue weighted by molar-refractivity contribution is -0.870. The molecule has 0 spiro atoms. The molecule has 0 rings (SSSR count). The molecule has 0 aromatic carbocycles. The molecule has 0 aromatic heterocycles. The van der Waals surface area contributed by atoms with Gasteiger partial charge in [0.05, 0.1) is 33.9 Å². The van der Waals surface area contributed by atoms with Crippen LogP contribution in [-0.2, 0) is 32.7 Å². The number of nitrogens with zero attached hydrogens (tertiary/aromatic N) is 1. The number of aliphatic hydroxyl groups is 1. The first-order chi connectivity index (χ1) is 27.4. The molecule has 1 N–H and O–H groups in total. The molecule has 330 valence electrons. The normalized spacial score (nSPS) is 14.7. The van der Waals surface area contributed by atoms with Crippen molar-refractivity contribution in [2.75, 3.05) is 47.5 Å². The van der Waals surface area contributed by atoms with Crippen LogP contribution in [0.4, 0.5) is 0 Å². The van der Waals surface area contributed by atoms with Crippen molar-refractivity contribution in [1.29, 1.82) is 0 Å². The van der Waals surface area contributed by atoms with Crippen molar-refractivity contribution in [3.8, 4) is 0 Å². The van der Waals surface area contributed by atoms with Gasteiger partial charge in [0.2, 0.25) is 0 Å². The van der Waals surface area contributed by atoms with Crippen molar-refractivity contribution in [1.82, 2.24) is 0 Å². The predicted molar refractivity (Wildman–Crippen MR) is 232 cm³/mol. The van der Waals surface area contributed by atoms with Gasteiger partial charge in [0.15, 0.2) is 6.10 Å². The minimum Gasteiger partial charge on any atom is -0.756 e. The summed E-state index contributed by atoms with van der Waals surface area (Å²) in [6.07, 6.45) is 41.3. The van der Waals surface area contributed by atoms with Crippen LogP contribution in [0.2, 0.25) is 0 Å². The molecule has 0 saturated carbocycles. The zero-order valence-electron chi connectivity index (χ0n) is 36.6. The SMILES string of the molecule is CCCCC/C=C\C[C@H](O)/C=C/C=C\C/C=C\CCCC(=O)O[C@H](COC(=O)CCCCCCCCC/C=C\CCCCCC)COP(=O)([O-])OCC[N+](C)(C)C. The number of hydrogen-bond acceptors (Lipinski definition) is 9. The molecule has 0 aromatic rings. The van der Waals surface area contributed by atoms with Crippen LogP contribution in [0.15, 0.2) is 60.8 Å². The van der Waals surface area contributed by atoms with E-state index in [0.29, 0.717) is 36.7 Å². The van der Waals surface area contributed by atoms with Gasteiger partial charge in [-0.25, -0.2) is 0 Å². The highest BCUT2D eigenvalue weighted by Gasteiger charge is 2.21. The number of hydrogen-bond donors (Lipinski definition) is 1. The van der Waals surface area contributed by atoms with Gasteiger partial charge in [-0.3, -0.25) is 14.2 Å². The number of allylic oxidation sites excluding steroid dienone is 8. The third-order valence-electron chi connectivity index (χ3n) is 9.09. The van der Waals surface area contributed by atoms with E-state index in [4.69, 9.17) is 18.5 Å². The van der Waals surface area contributed by atoms with Gasteiger partial charge in [-0.15, -0.1) is 0 Å². The Kier molecular flexibility index (Phi) is 36.4. The van der Waals surface area contributed by atoms with Crippen LogP contribution in [0.3, 0.4) is 0 Å². The van der Waals surface area contributed by atoms with Crippen molar-refractivity contribution in [2.45, 2.75) is 174 Å². The predicted octanol–water partition coefficient (Wildman–Crippen LogP) is 10.8. The van der Waals surface area contributed by atoms with Crippen LogP contribution in [-0.4, -0.2) is 81.2 Å². The van der Waals surface area contributed by atoms with Crippen LogP contribution < -0.4 is 4.89 Å². The molecule has 57 heavy (non-hydrogen) atoms. The monoisotopic (exact) mass is 824 g/mol. The molecular weight excluding hydrogens is 741 g/mol. The van der Waals surface area contributed by atoms with E-state index in [0.717, 1.165) is 38.5 Å². The van der Waals surface area contributed by atoms with Gasteiger partial charge < -0.3 is 33.0 Å². The van der Waals surface area contributed by atoms with Gasteiger partial charge in [0, 0.05) is 12.8 Å². The fourth-order valence-electron chi connectivity index (χ4n) is 5.55. The standard InChI is InChI=1S/C46H82NO9P/c1-6-8-10-12-14-15-16-17-18-19-20-21-25-29-33-37-45(49)53-41-44(42-55-57(51,52)54-40-39-47(3,4)5)56-46(50)38-34-30-26-23-22-24-28-32-36-43(48)35-31-27-13-11-9-7-2/h15-16,23-24,26-28,31-32,36,43-44,48H,6-14,17-22,25,29-30,33-35,37-42H2,1-5H3/b16-15-,26-23-,28-24-,31-27-,36-32+/t43-,44+/m0/s1. The van der Waals surface area contributed by atoms with Gasteiger partial charge in [-0.05, 0) is 70.6 Å². The Balaban J connectivity index is 4.54. The lowest BCUT2D eigenvalue weighted by Gasteiger charge is -2.28. The quantitative estimate of drug-likeness (QED) is 0.0161. The second-order valence-electron chi connectivity index (χ2n) is 15.9. The first-order valence-corrected chi connectivity index (χ1v) is 23.6. The van der Waals surface area contributed by atoms with E-state index in [2.05, 4.69) is 32.1 Å². The highest BCUT2D eigenvalue weighted by atomic mass is 31.2. The summed E-state index contributed by atoms with van der Waals surface area (Å²) in [4.78, 5) is 37.5. The third-order valence-corrected chi connectivity index (χ3v) is 10.1. The first kappa shape index (κ1) is 54.7. The zero-order valence-corrected chi connectivity index (χ0v) is 37.5. The van der Waals surface area contributed by atoms with Gasteiger partial charge in [-0.1, -0.05) is 139 Å². The van der Waals surface area contributed by atoms with Gasteiger partial charge in [0.25, 0.3) is 7.82 Å². The van der Waals surface area contributed by atoms with E-state index in [1.165, 1.54) is 70.6 Å². The molecule has 0 fully saturated rings. The van der Waals surface area contributed by atoms with Crippen molar-refractivity contribution in [3.63, 3.8) is 0 Å². The molecular formula is C46H82NO9P. The highest BCUT2D eigenvalue weighted by Crippen LogP contribution is 2.38. The fourth-order valence-corrected chi connectivity index (χ4v) is 6.28. The molecule has 0 amide bonds. The number of phosphoric acid groups is 1. The molecule has 0 aliphatic heterocycles. The maximum absolute atomic E-state index is 12.7. The van der Waals surface area contributed by atoms with E-state index >= 15 is 0 Å². The molecule has 0 bridgehead atoms. The van der Waals surface area contributed by atoms with Gasteiger partial charge in [0.1, 0.15) is 19.8 Å². The summed E-state index contributed by atoms with van der Waals surface area (Å²) in [5.41, 5.74) is 0. The molecule has 0 heterocycles. The van der Waals surface area contributed by atoms with E-state index in [1.807, 2.05) is 57.6 Å². The summed E-state index contributed by atoms with van der Waals surface area (Å²) >= 11 is 0. The van der Waals surface area contributed by atoms with Crippen LogP contribution in [0.25, 0.3) is 0 Å². The number of carbonyl (C=O) groups excluding carboxylic acids is 2. The molecule has 0 radical (unpaired) electrons. The van der Waals surface area contributed by atoms with Crippen LogP contribution in [0.5, 0.6) is 0 Å². The largest absolute Gasteiger partial charge is 0.756 e. The summed E-state index contributed by atoms with van der Waals surface area (Å²) in [5.74, 6) is -0.948. The lowest BCUT2D eigenvalue weighted by atomic mass is 10.1. The molecule has 3 atom stereocenters. The molecule has 1 unspecified atom stereocenters. The number of ether oxygens (including phenoxy) is 2. The van der Waals surface area contributed by atoms with Gasteiger partial charge in [-0.2, -0.15) is 0 Å². The molecule has 0 aliphatic carbocycles. The highest BCUT2D eigenvalue weighted by molar-refractivity contribution is 7.45. The van der Waals surface area contributed by atoms with E-state index in [-0.39, 0.29) is 26.1 Å². The maximum Gasteiger partial charge on any atom is 0.306 e. The molecule has 0 aliphatic rings. The minimum atomic E-state index is -4.66. The summed E-state index contributed by atoms with van der Waals surface area (Å²) < 4.78 is 33.8. The lowest BCUT2D eigenvalue weighted by Crippen LogP contribution is -2.37. The van der Waals surface area contributed by atoms with Gasteiger partial charge >= 0.3 is 11.9 Å². The summed E-state index contributed by atoms with van der Waals surface area (Å²) in [7, 11) is 1.08. The fraction of sp³-hybridized carbons (Fsp3) is 0.739. The smallest absolute Gasteiger partial charge is 0.306 e. The van der Waals surface area contributed by atoms with E-state index in [1.54, 1.807) is 6.08 Å². The number of phosphoric ester groups is 1. The maximum atomic E-state index is 12.7. The number of esters is 2. The first-order valence-electron chi connectivity index (χ1n) is 22.1. The average Bonchev–Trinajstić information content (AvgIpc) is 3.15. The second kappa shape index (κ2) is 37.9. The van der Waals surface area contributed by atoms with E-state index < -0.39 is 38.6 Å². The summed E-state index contributed by atoms with van der Waals surface area (Å²) in [5, 5.41) is 10.0. The third kappa shape index (κ3) is 41.6. The number of likely N-dealkylation sites (N-methyl/N-ethyl adjacent to an activating group) is 1. The number of quaternary nitrogens is 1. The Bertz CT molecular complexity index is 1170. The summed E-state index contributed by atoms with van der Waals surface area (Å²) in [6, 6.07) is 0. The molecule has 0 saturated heterocycles. The van der Waals surface area contributed by atoms with Crippen molar-refractivity contribution >= 4 is 19.8 Å². The number of carbonyl (C=O) groups is 2. The topological polar surface area (TPSA) is 131 Å². The van der Waals surface area contributed by atoms with Crippen LogP contribution in [0, 0.1) is 0 Å². The Hall–Kier alpha value is -2.33. The zero-order chi connectivity index (χ0) is 42.3. The Morgan fingerprint density at radius 2 is 1.19 bits per heavy atom. The van der Waals surface area contributed by atoms with Crippen molar-refractivity contribution < 1.29 is 47.2 Å². The number of rotatable bonds is 39. The summed E-state index contributed by atoms with van der Waals surface area (Å²) in [6.45, 7) is 4.01. The van der Waals surface area contributed by atoms with Crippen molar-refractivity contribution in [2.24, 2.45) is 0 Å². The Morgan fingerprint density at radius 1 is 0.649 bits per heavy atom. The van der Waals surface area contributed by atoms with Crippen LogP contribution in [0.1, 0.15) is 162 Å². The van der Waals surface area contributed by atoms with Crippen LogP contribution >= 0.6 is 7.82 Å². The second-order valence-corrected chi connectivity index (χ2v) is 17.3. The minimum absolute atomic E-state index is 0.0550. The Labute approximate surface area is 348 Å². The Morgan fingerprint density at radius 3 is 1.86 bits per heavy atom.